The molecule has 4 saturated heterocycles. The fraction of sp³-hybridized carbons (Fsp3) is 0.824. The number of carbonyl (C=O) groups is 16. The summed E-state index contributed by atoms with van der Waals surface area (Å²) in [7, 11) is 0. The molecule has 0 amide bonds. The Bertz CT molecular complexity index is 3620. The van der Waals surface area contributed by atoms with Crippen LogP contribution in [-0.4, -0.2) is 196 Å². The summed E-state index contributed by atoms with van der Waals surface area (Å²) in [6, 6.07) is 0. The average Bonchev–Trinajstić information content (AvgIpc) is 1.38. The Kier molecular flexibility index (Phi) is 42.2. The summed E-state index contributed by atoms with van der Waals surface area (Å²) < 4.78 is 84.4. The Morgan fingerprint density at radius 2 is 0.707 bits per heavy atom. The van der Waals surface area contributed by atoms with Gasteiger partial charge in [-0.3, -0.25) is 76.7 Å². The first kappa shape index (κ1) is 113. The predicted octanol–water partition coefficient (Wildman–Crippen LogP) is 13.4. The quantitative estimate of drug-likeness (QED) is 0.0319. The summed E-state index contributed by atoms with van der Waals surface area (Å²) in [5.41, 5.74) is -4.07. The van der Waals surface area contributed by atoms with E-state index in [1.54, 1.807) is 55.4 Å². The van der Waals surface area contributed by atoms with Gasteiger partial charge in [-0.2, -0.15) is 0 Å². The third-order valence-electron chi connectivity index (χ3n) is 26.5. The molecule has 0 aromatic heterocycles. The molecule has 32 nitrogen and oxygen atoms in total. The van der Waals surface area contributed by atoms with Gasteiger partial charge in [0.1, 0.15) is 101 Å². The van der Waals surface area contributed by atoms with Crippen LogP contribution >= 0.6 is 0 Å². The molecule has 0 N–H and O–H groups in total. The highest BCUT2D eigenvalue weighted by atomic mass is 16.6. The normalized spacial score (nSPS) is 29.5. The van der Waals surface area contributed by atoms with Gasteiger partial charge < -0.3 is 75.8 Å². The second-order valence-electron chi connectivity index (χ2n) is 35.8. The summed E-state index contributed by atoms with van der Waals surface area (Å²) in [4.78, 5) is 191. The fourth-order valence-electron chi connectivity index (χ4n) is 17.9. The number of esters is 16. The van der Waals surface area contributed by atoms with Gasteiger partial charge in [0.15, 0.2) is 0 Å². The lowest BCUT2D eigenvalue weighted by Crippen LogP contribution is -2.47. The zero-order valence-corrected chi connectivity index (χ0v) is 69.2. The highest BCUT2D eigenvalue weighted by Gasteiger charge is 2.72. The molecule has 20 unspecified atom stereocenters. The highest BCUT2D eigenvalue weighted by Crippen LogP contribution is 2.64. The smallest absolute Gasteiger partial charge is 0.311 e. The summed E-state index contributed by atoms with van der Waals surface area (Å²) in [6.07, 6.45) is 5.50. The van der Waals surface area contributed by atoms with Crippen LogP contribution in [0, 0.1) is 92.2 Å². The molecule has 0 radical (unpaired) electrons. The molecule has 4 aliphatic heterocycles. The number of rotatable bonds is 36. The van der Waals surface area contributed by atoms with E-state index >= 15 is 0 Å². The summed E-state index contributed by atoms with van der Waals surface area (Å²) in [5.74, 6) is -5.56. The lowest BCUT2D eigenvalue weighted by atomic mass is 9.79. The van der Waals surface area contributed by atoms with Crippen molar-refractivity contribution in [2.75, 3.05) is 52.9 Å². The van der Waals surface area contributed by atoms with Crippen molar-refractivity contribution in [3.8, 4) is 0 Å². The van der Waals surface area contributed by atoms with E-state index in [2.05, 4.69) is 0 Å². The van der Waals surface area contributed by atoms with E-state index in [0.29, 0.717) is 51.4 Å². The number of hydrogen-bond acceptors (Lipinski definition) is 32. The van der Waals surface area contributed by atoms with Crippen molar-refractivity contribution in [1.82, 2.24) is 0 Å². The Labute approximate surface area is 729 Å². The predicted molar refractivity (Wildman–Crippen MR) is 446 cm³/mol. The van der Waals surface area contributed by atoms with Gasteiger partial charge in [-0.05, 0) is 146 Å². The van der Waals surface area contributed by atoms with Crippen LogP contribution in [-0.2, 0) is 153 Å². The molecule has 20 atom stereocenters. The molecule has 32 heteroatoms. The molecule has 12 aliphatic rings. The van der Waals surface area contributed by atoms with Crippen molar-refractivity contribution in [1.29, 1.82) is 0 Å². The Morgan fingerprint density at radius 3 is 1.14 bits per heavy atom. The first-order valence-electron chi connectivity index (χ1n) is 40.9. The van der Waals surface area contributed by atoms with Crippen molar-refractivity contribution in [2.24, 2.45) is 92.2 Å². The van der Waals surface area contributed by atoms with Gasteiger partial charge in [0.25, 0.3) is 0 Å². The summed E-state index contributed by atoms with van der Waals surface area (Å²) >= 11 is 0. The maximum atomic E-state index is 12.3. The van der Waals surface area contributed by atoms with Crippen LogP contribution in [0.5, 0.6) is 0 Å². The standard InChI is InChI=1S/3C21H30O8.C20H28O8.8CH4/c1-5-20(2,3)19(25)27-9-8-26-14(22)6-7-15(23)28-17-16-12-10-21(17,4)11-13(12)18(24)29-16;1-5-20(2,3)19(25)27-9-8-26-15(22)6-7-16(23)29-21(4)12-10-13-14(11-12)18(24)28-17(13)21;1-5-20(2,3)19(25)27-9-8-26-15(22)6-7-16(23)28-17-12-10-13-14(11-12)21(17,4)29-18(13)24;1-4-20(2,3)19(24)26-8-7-25-14(21)5-6-15(22)27-16-11-9-12-13(10-11)18(23)28-17(12)16;;;;;;;;/h12-13,16-17H,5-11H2,1-4H3;2*12-14,17H,5-11H2,1-4H3;11-13,16-17H,4-10H2,1-3H3;8*1H4. The largest absolute Gasteiger partial charge is 0.462 e. The van der Waals surface area contributed by atoms with Crippen molar-refractivity contribution in [3.05, 3.63) is 0 Å². The van der Waals surface area contributed by atoms with Crippen molar-refractivity contribution in [3.63, 3.8) is 0 Å². The third kappa shape index (κ3) is 25.9. The lowest BCUT2D eigenvalue weighted by molar-refractivity contribution is -0.180. The maximum Gasteiger partial charge on any atom is 0.311 e. The van der Waals surface area contributed by atoms with Crippen molar-refractivity contribution in [2.45, 2.75) is 340 Å². The molecule has 8 bridgehead atoms. The minimum atomic E-state index is -0.811. The molecule has 123 heavy (non-hydrogen) atoms. The van der Waals surface area contributed by atoms with Crippen LogP contribution in [0.2, 0.25) is 0 Å². The Morgan fingerprint density at radius 1 is 0.350 bits per heavy atom. The highest BCUT2D eigenvalue weighted by molar-refractivity contribution is 5.84. The molecule has 8 aliphatic carbocycles. The van der Waals surface area contributed by atoms with E-state index in [1.807, 2.05) is 48.5 Å². The molecule has 8 saturated carbocycles. The van der Waals surface area contributed by atoms with E-state index in [9.17, 15) is 76.7 Å². The van der Waals surface area contributed by atoms with E-state index in [0.717, 1.165) is 25.7 Å². The van der Waals surface area contributed by atoms with Crippen molar-refractivity contribution < 1.29 is 153 Å². The van der Waals surface area contributed by atoms with Gasteiger partial charge in [-0.15, -0.1) is 0 Å². The average molecular weight is 1760 g/mol. The fourth-order valence-corrected chi connectivity index (χ4v) is 17.9. The monoisotopic (exact) mass is 1760 g/mol. The minimum absolute atomic E-state index is 0. The first-order chi connectivity index (χ1) is 54.0. The van der Waals surface area contributed by atoms with Crippen LogP contribution in [0.15, 0.2) is 0 Å². The van der Waals surface area contributed by atoms with E-state index in [4.69, 9.17) is 75.8 Å². The van der Waals surface area contributed by atoms with Gasteiger partial charge in [0.05, 0.1) is 96.7 Å². The van der Waals surface area contributed by atoms with Crippen LogP contribution in [0.25, 0.3) is 0 Å². The van der Waals surface area contributed by atoms with Crippen LogP contribution < -0.4 is 0 Å². The SMILES string of the molecule is C.C.C.C.C.C.C.C.CCC(C)(C)C(=O)OCCOC(=O)CCC(=O)OC1(C)C2CC3C(=O)OC1C3C2.CCC(C)(C)C(=O)OCCOC(=O)CCC(=O)OC1C2CC3C(=O)OC1(C)C3C2.CCC(C)(C)C(=O)OCCOC(=O)CCC(=O)OC1C2CC3C(=O)OC1C3C2.CCC(C)(C)C(=O)OCCOC(=O)CCC(=O)OC1C2OC(=O)C3CC1(C)CC32. The number of ether oxygens (including phenoxy) is 16. The molecule has 0 aromatic rings. The Hall–Kier alpha value is -8.48. The van der Waals surface area contributed by atoms with E-state index in [-0.39, 0.29) is 300 Å². The van der Waals surface area contributed by atoms with Crippen molar-refractivity contribution >= 4 is 95.5 Å². The zero-order chi connectivity index (χ0) is 84.7. The zero-order valence-electron chi connectivity index (χ0n) is 69.2. The van der Waals surface area contributed by atoms with Gasteiger partial charge in [0.2, 0.25) is 0 Å². The summed E-state index contributed by atoms with van der Waals surface area (Å²) in [5, 5.41) is 0. The van der Waals surface area contributed by atoms with E-state index < -0.39 is 98.9 Å². The van der Waals surface area contributed by atoms with Crippen LogP contribution in [0.1, 0.15) is 292 Å². The Balaban J connectivity index is 0.000000803. The molecule has 12 rings (SSSR count). The number of hydrogen-bond donors (Lipinski definition) is 0. The minimum Gasteiger partial charge on any atom is -0.462 e. The second kappa shape index (κ2) is 46.1. The van der Waals surface area contributed by atoms with E-state index in [1.165, 1.54) is 0 Å². The van der Waals surface area contributed by atoms with Gasteiger partial charge in [0, 0.05) is 46.8 Å². The third-order valence-corrected chi connectivity index (χ3v) is 26.5. The van der Waals surface area contributed by atoms with Crippen LogP contribution in [0.4, 0.5) is 0 Å². The molecular weight excluding hydrogens is 1600 g/mol. The first-order valence-corrected chi connectivity index (χ1v) is 40.9. The molecular formula is C91H150O32. The topological polar surface area (TPSA) is 421 Å². The molecule has 4 heterocycles. The lowest BCUT2D eigenvalue weighted by Gasteiger charge is -2.36. The van der Waals surface area contributed by atoms with Crippen LogP contribution in [0.3, 0.4) is 0 Å². The maximum absolute atomic E-state index is 12.3. The van der Waals surface area contributed by atoms with Gasteiger partial charge in [-0.1, -0.05) is 94.0 Å². The second-order valence-corrected chi connectivity index (χ2v) is 35.8. The summed E-state index contributed by atoms with van der Waals surface area (Å²) in [6.45, 7) is 27.3. The molecule has 706 valence electrons. The molecule has 0 aromatic carbocycles. The number of fused-ring (bicyclic) bond motifs is 4. The molecule has 12 fully saturated rings. The van der Waals surface area contributed by atoms with Gasteiger partial charge in [-0.25, -0.2) is 0 Å². The molecule has 0 spiro atoms. The van der Waals surface area contributed by atoms with Gasteiger partial charge >= 0.3 is 95.5 Å². The number of carbonyl (C=O) groups excluding carboxylic acids is 16.